The summed E-state index contributed by atoms with van der Waals surface area (Å²) in [5, 5.41) is 0. The molecule has 0 saturated carbocycles. The van der Waals surface area contributed by atoms with Crippen LogP contribution in [0.1, 0.15) is 5.69 Å². The summed E-state index contributed by atoms with van der Waals surface area (Å²) in [6, 6.07) is 15.3. The van der Waals surface area contributed by atoms with E-state index < -0.39 is 0 Å². The van der Waals surface area contributed by atoms with Crippen molar-refractivity contribution in [3.05, 3.63) is 54.2 Å². The van der Waals surface area contributed by atoms with Gasteiger partial charge in [0, 0.05) is 6.07 Å². The first-order valence-corrected chi connectivity index (χ1v) is 4.98. The van der Waals surface area contributed by atoms with E-state index in [0.29, 0.717) is 5.88 Å². The fraction of sp³-hybridized carbons (Fsp3) is 0.0769. The maximum absolute atomic E-state index is 5.03. The molecule has 2 aromatic rings. The summed E-state index contributed by atoms with van der Waals surface area (Å²) < 4.78 is 5.03. The second-order valence-corrected chi connectivity index (χ2v) is 3.20. The Hall–Kier alpha value is -2.16. The van der Waals surface area contributed by atoms with Gasteiger partial charge in [0.25, 0.3) is 0 Å². The zero-order valence-corrected chi connectivity index (χ0v) is 9.00. The molecule has 0 aliphatic rings. The lowest BCUT2D eigenvalue weighted by molar-refractivity contribution is 0.397. The number of pyridine rings is 1. The van der Waals surface area contributed by atoms with Crippen molar-refractivity contribution in [1.82, 2.24) is 4.98 Å². The van der Waals surface area contributed by atoms with E-state index in [1.54, 1.807) is 19.4 Å². The average molecular weight is 212 g/mol. The van der Waals surface area contributed by atoms with Crippen LogP contribution >= 0.6 is 0 Å². The van der Waals surface area contributed by atoms with Crippen molar-refractivity contribution < 1.29 is 4.74 Å². The Morgan fingerprint density at radius 1 is 1.06 bits per heavy atom. The second-order valence-electron chi connectivity index (χ2n) is 3.20. The van der Waals surface area contributed by atoms with Crippen molar-refractivity contribution in [1.29, 1.82) is 0 Å². The molecule has 0 bridgehead atoms. The van der Waals surface area contributed by atoms with E-state index in [9.17, 15) is 0 Å². The van der Waals surface area contributed by atoms with Crippen molar-refractivity contribution >= 4 is 11.9 Å². The van der Waals surface area contributed by atoms with Crippen molar-refractivity contribution in [2.24, 2.45) is 4.99 Å². The van der Waals surface area contributed by atoms with Gasteiger partial charge in [0.1, 0.15) is 0 Å². The number of aliphatic imine (C=N–C) groups is 1. The largest absolute Gasteiger partial charge is 0.481 e. The van der Waals surface area contributed by atoms with Crippen molar-refractivity contribution in [2.45, 2.75) is 0 Å². The molecule has 2 rings (SSSR count). The smallest absolute Gasteiger partial charge is 0.213 e. The van der Waals surface area contributed by atoms with E-state index in [-0.39, 0.29) is 0 Å². The Bertz CT molecular complexity index is 480. The van der Waals surface area contributed by atoms with Gasteiger partial charge in [0.2, 0.25) is 5.88 Å². The molecule has 1 heterocycles. The summed E-state index contributed by atoms with van der Waals surface area (Å²) in [5.74, 6) is 0.594. The summed E-state index contributed by atoms with van der Waals surface area (Å²) in [6.45, 7) is 0. The number of aromatic nitrogens is 1. The lowest BCUT2D eigenvalue weighted by Crippen LogP contribution is -1.91. The number of para-hydroxylation sites is 1. The Balaban J connectivity index is 2.17. The second kappa shape index (κ2) is 5.07. The molecule has 0 saturated heterocycles. The SMILES string of the molecule is COc1cccc(C=Nc2ccccc2)n1. The van der Waals surface area contributed by atoms with E-state index in [4.69, 9.17) is 4.74 Å². The third-order valence-electron chi connectivity index (χ3n) is 2.06. The molecule has 1 aromatic heterocycles. The van der Waals surface area contributed by atoms with Crippen molar-refractivity contribution in [3.63, 3.8) is 0 Å². The van der Waals surface area contributed by atoms with E-state index in [1.807, 2.05) is 42.5 Å². The fourth-order valence-electron chi connectivity index (χ4n) is 1.27. The predicted octanol–water partition coefficient (Wildman–Crippen LogP) is 2.84. The number of hydrogen-bond acceptors (Lipinski definition) is 3. The average Bonchev–Trinajstić information content (AvgIpc) is 2.38. The first-order valence-electron chi connectivity index (χ1n) is 4.98. The summed E-state index contributed by atoms with van der Waals surface area (Å²) >= 11 is 0. The Morgan fingerprint density at radius 3 is 2.62 bits per heavy atom. The van der Waals surface area contributed by atoms with Gasteiger partial charge in [-0.05, 0) is 18.2 Å². The summed E-state index contributed by atoms with van der Waals surface area (Å²) in [6.07, 6.45) is 1.72. The molecular formula is C13H12N2O. The van der Waals surface area contributed by atoms with E-state index in [2.05, 4.69) is 9.98 Å². The molecule has 0 fully saturated rings. The molecule has 16 heavy (non-hydrogen) atoms. The maximum Gasteiger partial charge on any atom is 0.213 e. The minimum Gasteiger partial charge on any atom is -0.481 e. The molecule has 3 heteroatoms. The Labute approximate surface area is 94.4 Å². The Kier molecular flexibility index (Phi) is 3.28. The zero-order valence-electron chi connectivity index (χ0n) is 9.00. The number of nitrogens with zero attached hydrogens (tertiary/aromatic N) is 2. The molecule has 0 aliphatic heterocycles. The molecule has 3 nitrogen and oxygen atoms in total. The number of ether oxygens (including phenoxy) is 1. The number of benzene rings is 1. The van der Waals surface area contributed by atoms with Gasteiger partial charge < -0.3 is 4.74 Å². The number of rotatable bonds is 3. The highest BCUT2D eigenvalue weighted by Gasteiger charge is 1.93. The van der Waals surface area contributed by atoms with Crippen LogP contribution < -0.4 is 4.74 Å². The lowest BCUT2D eigenvalue weighted by atomic mass is 10.3. The quantitative estimate of drug-likeness (QED) is 0.733. The third-order valence-corrected chi connectivity index (χ3v) is 2.06. The molecule has 80 valence electrons. The van der Waals surface area contributed by atoms with Gasteiger partial charge >= 0.3 is 0 Å². The van der Waals surface area contributed by atoms with Gasteiger partial charge in [-0.15, -0.1) is 0 Å². The maximum atomic E-state index is 5.03. The first-order chi connectivity index (χ1) is 7.88. The summed E-state index contributed by atoms with van der Waals surface area (Å²) in [7, 11) is 1.60. The molecular weight excluding hydrogens is 200 g/mol. The van der Waals surface area contributed by atoms with Crippen LogP contribution in [0, 0.1) is 0 Å². The van der Waals surface area contributed by atoms with Crippen molar-refractivity contribution in [3.8, 4) is 5.88 Å². The van der Waals surface area contributed by atoms with Gasteiger partial charge in [-0.1, -0.05) is 24.3 Å². The topological polar surface area (TPSA) is 34.5 Å². The predicted molar refractivity (Wildman–Crippen MR) is 64.5 cm³/mol. The molecule has 0 radical (unpaired) electrons. The van der Waals surface area contributed by atoms with Gasteiger partial charge in [0.05, 0.1) is 24.7 Å². The van der Waals surface area contributed by atoms with Gasteiger partial charge in [0.15, 0.2) is 0 Å². The van der Waals surface area contributed by atoms with Gasteiger partial charge in [-0.25, -0.2) is 4.98 Å². The van der Waals surface area contributed by atoms with E-state index >= 15 is 0 Å². The first kappa shape index (κ1) is 10.4. The molecule has 0 unspecified atom stereocenters. The van der Waals surface area contributed by atoms with Crippen LogP contribution in [0.25, 0.3) is 0 Å². The molecule has 0 N–H and O–H groups in total. The van der Waals surface area contributed by atoms with Crippen LogP contribution in [0.2, 0.25) is 0 Å². The highest BCUT2D eigenvalue weighted by molar-refractivity contribution is 5.79. The molecule has 0 atom stereocenters. The standard InChI is InChI=1S/C13H12N2O/c1-16-13-9-5-8-12(15-13)10-14-11-6-3-2-4-7-11/h2-10H,1H3. The summed E-state index contributed by atoms with van der Waals surface area (Å²) in [5.41, 5.74) is 1.69. The number of methoxy groups -OCH3 is 1. The van der Waals surface area contributed by atoms with Crippen LogP contribution in [0.3, 0.4) is 0 Å². The van der Waals surface area contributed by atoms with Gasteiger partial charge in [-0.2, -0.15) is 0 Å². The van der Waals surface area contributed by atoms with Crippen molar-refractivity contribution in [2.75, 3.05) is 7.11 Å². The van der Waals surface area contributed by atoms with E-state index in [1.165, 1.54) is 0 Å². The summed E-state index contributed by atoms with van der Waals surface area (Å²) in [4.78, 5) is 8.54. The molecule has 0 amide bonds. The van der Waals surface area contributed by atoms with Crippen LogP contribution in [0.15, 0.2) is 53.5 Å². The van der Waals surface area contributed by atoms with Crippen LogP contribution in [-0.2, 0) is 0 Å². The minimum absolute atomic E-state index is 0.594. The third kappa shape index (κ3) is 2.67. The normalized spacial score (nSPS) is 10.6. The highest BCUT2D eigenvalue weighted by Crippen LogP contribution is 2.10. The molecule has 1 aromatic carbocycles. The van der Waals surface area contributed by atoms with E-state index in [0.717, 1.165) is 11.4 Å². The monoisotopic (exact) mass is 212 g/mol. The molecule has 0 aliphatic carbocycles. The van der Waals surface area contributed by atoms with Crippen LogP contribution in [0.4, 0.5) is 5.69 Å². The van der Waals surface area contributed by atoms with Gasteiger partial charge in [-0.3, -0.25) is 4.99 Å². The molecule has 0 spiro atoms. The van der Waals surface area contributed by atoms with Crippen LogP contribution in [0.5, 0.6) is 5.88 Å². The highest BCUT2D eigenvalue weighted by atomic mass is 16.5. The minimum atomic E-state index is 0.594. The van der Waals surface area contributed by atoms with Crippen LogP contribution in [-0.4, -0.2) is 18.3 Å². The fourth-order valence-corrected chi connectivity index (χ4v) is 1.27. The zero-order chi connectivity index (χ0) is 11.2. The lowest BCUT2D eigenvalue weighted by Gasteiger charge is -1.98. The Morgan fingerprint density at radius 2 is 1.88 bits per heavy atom. The number of hydrogen-bond donors (Lipinski definition) is 0.